The second-order valence-electron chi connectivity index (χ2n) is 1.88. The Balaban J connectivity index is 2.78. The van der Waals surface area contributed by atoms with E-state index < -0.39 is 6.09 Å². The highest BCUT2D eigenvalue weighted by atomic mass is 16.6. The van der Waals surface area contributed by atoms with Crippen LogP contribution in [0.2, 0.25) is 0 Å². The lowest BCUT2D eigenvalue weighted by Crippen LogP contribution is -2.26. The zero-order valence-corrected chi connectivity index (χ0v) is 6.34. The molecule has 6 heteroatoms. The van der Waals surface area contributed by atoms with Gasteiger partial charge in [0, 0.05) is 0 Å². The zero-order valence-electron chi connectivity index (χ0n) is 6.34. The smallest absolute Gasteiger partial charge is 0.438 e. The van der Waals surface area contributed by atoms with Gasteiger partial charge in [0.1, 0.15) is 12.0 Å². The molecule has 64 valence electrons. The molecule has 0 radical (unpaired) electrons. The predicted octanol–water partition coefficient (Wildman–Crippen LogP) is 0.439. The second-order valence-corrected chi connectivity index (χ2v) is 1.88. The van der Waals surface area contributed by atoms with Gasteiger partial charge in [-0.05, 0) is 0 Å². The number of hydroxylamine groups is 1. The van der Waals surface area contributed by atoms with E-state index in [1.165, 1.54) is 18.7 Å². The van der Waals surface area contributed by atoms with Gasteiger partial charge in [-0.15, -0.1) is 0 Å². The fourth-order valence-electron chi connectivity index (χ4n) is 0.592. The summed E-state index contributed by atoms with van der Waals surface area (Å²) >= 11 is 0. The SMILES string of the molecule is COC(=O)N(O)c1cncnc1. The Hall–Kier alpha value is -1.69. The number of carbonyl (C=O) groups is 1. The van der Waals surface area contributed by atoms with Crippen molar-refractivity contribution in [1.82, 2.24) is 9.97 Å². The molecule has 6 nitrogen and oxygen atoms in total. The fraction of sp³-hybridized carbons (Fsp3) is 0.167. The number of amides is 1. The van der Waals surface area contributed by atoms with Crippen molar-refractivity contribution in [2.75, 3.05) is 12.2 Å². The van der Waals surface area contributed by atoms with Gasteiger partial charge in [-0.1, -0.05) is 0 Å². The molecule has 0 saturated heterocycles. The van der Waals surface area contributed by atoms with E-state index in [1.54, 1.807) is 0 Å². The summed E-state index contributed by atoms with van der Waals surface area (Å²) in [5.41, 5.74) is 0.157. The van der Waals surface area contributed by atoms with Gasteiger partial charge in [-0.3, -0.25) is 5.21 Å². The topological polar surface area (TPSA) is 75.5 Å². The molecule has 0 bridgehead atoms. The first-order chi connectivity index (χ1) is 5.75. The quantitative estimate of drug-likeness (QED) is 0.487. The van der Waals surface area contributed by atoms with E-state index in [2.05, 4.69) is 14.7 Å². The van der Waals surface area contributed by atoms with Gasteiger partial charge in [0.25, 0.3) is 0 Å². The first kappa shape index (κ1) is 8.41. The molecular formula is C6H7N3O3. The minimum atomic E-state index is -0.884. The maximum atomic E-state index is 10.7. The van der Waals surface area contributed by atoms with Gasteiger partial charge < -0.3 is 4.74 Å². The van der Waals surface area contributed by atoms with Gasteiger partial charge in [-0.2, -0.15) is 5.06 Å². The van der Waals surface area contributed by atoms with Crippen LogP contribution in [0.4, 0.5) is 10.5 Å². The molecular weight excluding hydrogens is 162 g/mol. The third-order valence-corrected chi connectivity index (χ3v) is 1.14. The largest absolute Gasteiger partial charge is 0.451 e. The first-order valence-electron chi connectivity index (χ1n) is 3.07. The molecule has 1 aromatic rings. The summed E-state index contributed by atoms with van der Waals surface area (Å²) in [5.74, 6) is 0. The lowest BCUT2D eigenvalue weighted by atomic mass is 10.5. The Bertz CT molecular complexity index is 264. The Kier molecular flexibility index (Phi) is 2.54. The summed E-state index contributed by atoms with van der Waals surface area (Å²) < 4.78 is 4.25. The van der Waals surface area contributed by atoms with Gasteiger partial charge >= 0.3 is 6.09 Å². The molecule has 1 heterocycles. The van der Waals surface area contributed by atoms with Gasteiger partial charge in [0.2, 0.25) is 0 Å². The molecule has 0 aliphatic carbocycles. The van der Waals surface area contributed by atoms with Gasteiger partial charge in [0.15, 0.2) is 0 Å². The third kappa shape index (κ3) is 1.67. The Morgan fingerprint density at radius 1 is 1.58 bits per heavy atom. The Morgan fingerprint density at radius 2 is 2.17 bits per heavy atom. The van der Waals surface area contributed by atoms with Crippen molar-refractivity contribution in [2.24, 2.45) is 0 Å². The normalized spacial score (nSPS) is 9.17. The number of nitrogens with zero attached hydrogens (tertiary/aromatic N) is 3. The standard InChI is InChI=1S/C6H7N3O3/c1-12-6(10)9(11)5-2-7-4-8-3-5/h2-4,11H,1H3. The van der Waals surface area contributed by atoms with Crippen molar-refractivity contribution in [3.05, 3.63) is 18.7 Å². The summed E-state index contributed by atoms with van der Waals surface area (Å²) in [5, 5.41) is 9.39. The molecule has 0 fully saturated rings. The maximum absolute atomic E-state index is 10.7. The minimum Gasteiger partial charge on any atom is -0.451 e. The van der Waals surface area contributed by atoms with Crippen LogP contribution >= 0.6 is 0 Å². The number of carbonyl (C=O) groups excluding carboxylic acids is 1. The van der Waals surface area contributed by atoms with Crippen molar-refractivity contribution in [1.29, 1.82) is 0 Å². The van der Waals surface area contributed by atoms with E-state index >= 15 is 0 Å². The number of methoxy groups -OCH3 is 1. The van der Waals surface area contributed by atoms with E-state index in [0.717, 1.165) is 7.11 Å². The molecule has 0 aromatic carbocycles. The van der Waals surface area contributed by atoms with Gasteiger partial charge in [0.05, 0.1) is 19.5 Å². The van der Waals surface area contributed by atoms with Crippen molar-refractivity contribution < 1.29 is 14.7 Å². The Labute approximate surface area is 68.4 Å². The molecule has 12 heavy (non-hydrogen) atoms. The van der Waals surface area contributed by atoms with Crippen LogP contribution in [0.15, 0.2) is 18.7 Å². The van der Waals surface area contributed by atoms with E-state index in [-0.39, 0.29) is 5.69 Å². The molecule has 1 rings (SSSR count). The maximum Gasteiger partial charge on any atom is 0.438 e. The first-order valence-corrected chi connectivity index (χ1v) is 3.07. The van der Waals surface area contributed by atoms with Crippen LogP contribution in [-0.4, -0.2) is 28.4 Å². The number of anilines is 1. The van der Waals surface area contributed by atoms with E-state index in [0.29, 0.717) is 5.06 Å². The third-order valence-electron chi connectivity index (χ3n) is 1.14. The Morgan fingerprint density at radius 3 is 2.67 bits per heavy atom. The summed E-state index contributed by atoms with van der Waals surface area (Å²) in [6.45, 7) is 0. The van der Waals surface area contributed by atoms with Crippen LogP contribution in [0.1, 0.15) is 0 Å². The van der Waals surface area contributed by atoms with Crippen molar-refractivity contribution in [3.63, 3.8) is 0 Å². The molecule has 0 atom stereocenters. The molecule has 0 saturated carbocycles. The number of ether oxygens (including phenoxy) is 1. The van der Waals surface area contributed by atoms with Crippen molar-refractivity contribution in [3.8, 4) is 0 Å². The summed E-state index contributed by atoms with van der Waals surface area (Å²) in [6, 6.07) is 0. The van der Waals surface area contributed by atoms with Crippen LogP contribution in [-0.2, 0) is 4.74 Å². The molecule has 0 aliphatic heterocycles. The predicted molar refractivity (Wildman–Crippen MR) is 38.7 cm³/mol. The summed E-state index contributed by atoms with van der Waals surface area (Å²) in [6.07, 6.45) is 2.97. The molecule has 0 spiro atoms. The lowest BCUT2D eigenvalue weighted by molar-refractivity contribution is 0.140. The van der Waals surface area contributed by atoms with E-state index in [4.69, 9.17) is 5.21 Å². The van der Waals surface area contributed by atoms with Crippen LogP contribution < -0.4 is 5.06 Å². The van der Waals surface area contributed by atoms with Gasteiger partial charge in [-0.25, -0.2) is 14.8 Å². The van der Waals surface area contributed by atoms with Crippen molar-refractivity contribution in [2.45, 2.75) is 0 Å². The van der Waals surface area contributed by atoms with Crippen LogP contribution in [0.5, 0.6) is 0 Å². The number of rotatable bonds is 1. The second kappa shape index (κ2) is 3.63. The number of hydrogen-bond acceptors (Lipinski definition) is 5. The van der Waals surface area contributed by atoms with Crippen LogP contribution in [0, 0.1) is 0 Å². The van der Waals surface area contributed by atoms with Crippen LogP contribution in [0.3, 0.4) is 0 Å². The highest BCUT2D eigenvalue weighted by Crippen LogP contribution is 2.07. The highest BCUT2D eigenvalue weighted by molar-refractivity contribution is 5.84. The fourth-order valence-corrected chi connectivity index (χ4v) is 0.592. The monoisotopic (exact) mass is 169 g/mol. The molecule has 1 amide bonds. The highest BCUT2D eigenvalue weighted by Gasteiger charge is 2.12. The average molecular weight is 169 g/mol. The van der Waals surface area contributed by atoms with Crippen LogP contribution in [0.25, 0.3) is 0 Å². The summed E-state index contributed by atoms with van der Waals surface area (Å²) in [4.78, 5) is 17.9. The molecule has 1 N–H and O–H groups in total. The van der Waals surface area contributed by atoms with Crippen molar-refractivity contribution >= 4 is 11.8 Å². The molecule has 0 unspecified atom stereocenters. The number of aromatic nitrogens is 2. The number of hydrogen-bond donors (Lipinski definition) is 1. The van der Waals surface area contributed by atoms with E-state index in [9.17, 15) is 4.79 Å². The van der Waals surface area contributed by atoms with E-state index in [1.807, 2.05) is 0 Å². The average Bonchev–Trinajstić information content (AvgIpc) is 2.17. The zero-order chi connectivity index (χ0) is 8.97. The summed E-state index contributed by atoms with van der Waals surface area (Å²) in [7, 11) is 1.16. The molecule has 1 aromatic heterocycles. The minimum absolute atomic E-state index is 0.157. The molecule has 0 aliphatic rings. The lowest BCUT2D eigenvalue weighted by Gasteiger charge is -2.10.